The number of rotatable bonds is 6. The molecule has 3 aliphatic rings. The molecule has 0 bridgehead atoms. The summed E-state index contributed by atoms with van der Waals surface area (Å²) in [6.07, 6.45) is 12.3. The third-order valence-electron chi connectivity index (χ3n) is 7.28. The van der Waals surface area contributed by atoms with E-state index in [1.54, 1.807) is 0 Å². The lowest BCUT2D eigenvalue weighted by molar-refractivity contribution is -0.00126. The van der Waals surface area contributed by atoms with E-state index in [1.165, 1.54) is 0 Å². The molecule has 2 saturated heterocycles. The van der Waals surface area contributed by atoms with Gasteiger partial charge >= 0.3 is 0 Å². The van der Waals surface area contributed by atoms with Gasteiger partial charge in [0.05, 0.1) is 36.7 Å². The number of aromatic amines is 1. The van der Waals surface area contributed by atoms with Gasteiger partial charge in [0.25, 0.3) is 0 Å². The van der Waals surface area contributed by atoms with Crippen LogP contribution < -0.4 is 10.1 Å². The van der Waals surface area contributed by atoms with Crippen molar-refractivity contribution in [2.45, 2.75) is 56.7 Å². The summed E-state index contributed by atoms with van der Waals surface area (Å²) >= 11 is 0. The summed E-state index contributed by atoms with van der Waals surface area (Å²) in [6, 6.07) is 2.98. The molecule has 2 N–H and O–H groups in total. The fraction of sp³-hybridized carbons (Fsp3) is 0.625. The standard InChI is InChI=1S/C24H33N7O3/c1-3-20(4-2-18(1)30-9-13-33-14-10-30)34-23-22-21(5-8-25-22)28-24(29-23)27-17-15-26-31(16-17)19-6-11-32-12-7-19/h5,8,15-16,18-20,25H,1-4,6-7,9-14H2,(H,27,28,29)/t18-,20-. The molecule has 34 heavy (non-hydrogen) atoms. The Morgan fingerprint density at radius 2 is 1.74 bits per heavy atom. The van der Waals surface area contributed by atoms with Crippen molar-refractivity contribution in [3.63, 3.8) is 0 Å². The van der Waals surface area contributed by atoms with E-state index in [0.717, 1.165) is 94.8 Å². The maximum Gasteiger partial charge on any atom is 0.243 e. The highest BCUT2D eigenvalue weighted by Crippen LogP contribution is 2.30. The van der Waals surface area contributed by atoms with E-state index >= 15 is 0 Å². The highest BCUT2D eigenvalue weighted by molar-refractivity contribution is 5.81. The number of ether oxygens (including phenoxy) is 3. The lowest BCUT2D eigenvalue weighted by Crippen LogP contribution is -2.46. The average Bonchev–Trinajstić information content (AvgIpc) is 3.56. The van der Waals surface area contributed by atoms with E-state index < -0.39 is 0 Å². The summed E-state index contributed by atoms with van der Waals surface area (Å²) in [6.45, 7) is 5.37. The van der Waals surface area contributed by atoms with Crippen molar-refractivity contribution in [3.05, 3.63) is 24.7 Å². The Labute approximate surface area is 199 Å². The largest absolute Gasteiger partial charge is 0.473 e. The van der Waals surface area contributed by atoms with E-state index in [0.29, 0.717) is 23.9 Å². The predicted molar refractivity (Wildman–Crippen MR) is 128 cm³/mol. The summed E-state index contributed by atoms with van der Waals surface area (Å²) in [4.78, 5) is 15.2. The van der Waals surface area contributed by atoms with E-state index in [2.05, 4.69) is 25.3 Å². The van der Waals surface area contributed by atoms with Crippen LogP contribution in [0.2, 0.25) is 0 Å². The summed E-state index contributed by atoms with van der Waals surface area (Å²) in [7, 11) is 0. The number of anilines is 2. The van der Waals surface area contributed by atoms with E-state index in [-0.39, 0.29) is 6.10 Å². The quantitative estimate of drug-likeness (QED) is 0.570. The van der Waals surface area contributed by atoms with Crippen LogP contribution in [0.25, 0.3) is 11.0 Å². The fourth-order valence-corrected chi connectivity index (χ4v) is 5.37. The summed E-state index contributed by atoms with van der Waals surface area (Å²) in [5.41, 5.74) is 2.56. The molecular formula is C24H33N7O3. The van der Waals surface area contributed by atoms with Gasteiger partial charge in [-0.25, -0.2) is 4.98 Å². The van der Waals surface area contributed by atoms with Crippen molar-refractivity contribution < 1.29 is 14.2 Å². The normalized spacial score (nSPS) is 24.9. The lowest BCUT2D eigenvalue weighted by atomic mass is 9.91. The van der Waals surface area contributed by atoms with Gasteiger partial charge in [-0.1, -0.05) is 0 Å². The average molecular weight is 468 g/mol. The first-order valence-corrected chi connectivity index (χ1v) is 12.5. The Bertz CT molecular complexity index is 1080. The molecule has 3 fully saturated rings. The first-order chi connectivity index (χ1) is 16.8. The lowest BCUT2D eigenvalue weighted by Gasteiger charge is -2.38. The van der Waals surface area contributed by atoms with E-state index in [4.69, 9.17) is 19.2 Å². The highest BCUT2D eigenvalue weighted by atomic mass is 16.5. The SMILES string of the molecule is c1cc2nc(Nc3cnn(C4CCOCC4)c3)nc(O[C@H]3CC[C@H](N4CCOCC4)CC3)c2[nH]1. The van der Waals surface area contributed by atoms with Crippen LogP contribution in [0, 0.1) is 0 Å². The molecule has 1 saturated carbocycles. The topological polar surface area (TPSA) is 102 Å². The number of aromatic nitrogens is 5. The second-order valence-electron chi connectivity index (χ2n) is 9.46. The Morgan fingerprint density at radius 3 is 2.56 bits per heavy atom. The number of H-pyrrole nitrogens is 1. The zero-order valence-corrected chi connectivity index (χ0v) is 19.5. The molecule has 3 aromatic rings. The molecule has 3 aromatic heterocycles. The minimum absolute atomic E-state index is 0.169. The molecule has 0 atom stereocenters. The molecule has 0 unspecified atom stereocenters. The van der Waals surface area contributed by atoms with Gasteiger partial charge in [-0.05, 0) is 44.6 Å². The second-order valence-corrected chi connectivity index (χ2v) is 9.46. The van der Waals surface area contributed by atoms with E-state index in [1.807, 2.05) is 29.3 Å². The summed E-state index contributed by atoms with van der Waals surface area (Å²) in [5, 5.41) is 7.87. The summed E-state index contributed by atoms with van der Waals surface area (Å²) in [5.74, 6) is 1.14. The van der Waals surface area contributed by atoms with Gasteiger partial charge in [-0.3, -0.25) is 9.58 Å². The Morgan fingerprint density at radius 1 is 0.941 bits per heavy atom. The second kappa shape index (κ2) is 9.89. The van der Waals surface area contributed by atoms with Gasteiger partial charge in [0.15, 0.2) is 0 Å². The Balaban J connectivity index is 1.13. The maximum absolute atomic E-state index is 6.44. The van der Waals surface area contributed by atoms with Crippen LogP contribution in [-0.2, 0) is 9.47 Å². The number of nitrogens with zero attached hydrogens (tertiary/aromatic N) is 5. The van der Waals surface area contributed by atoms with Crippen molar-refractivity contribution in [1.29, 1.82) is 0 Å². The number of nitrogens with one attached hydrogen (secondary N) is 2. The van der Waals surface area contributed by atoms with Crippen molar-refractivity contribution >= 4 is 22.7 Å². The summed E-state index contributed by atoms with van der Waals surface area (Å²) < 4.78 is 19.4. The first-order valence-electron chi connectivity index (χ1n) is 12.5. The van der Waals surface area contributed by atoms with Gasteiger partial charge in [-0.2, -0.15) is 10.1 Å². The van der Waals surface area contributed by atoms with Crippen LogP contribution in [0.1, 0.15) is 44.6 Å². The number of hydrogen-bond donors (Lipinski definition) is 2. The minimum atomic E-state index is 0.169. The molecule has 182 valence electrons. The van der Waals surface area contributed by atoms with Crippen molar-refractivity contribution in [3.8, 4) is 5.88 Å². The third-order valence-corrected chi connectivity index (χ3v) is 7.28. The molecule has 10 nitrogen and oxygen atoms in total. The monoisotopic (exact) mass is 467 g/mol. The number of morpholine rings is 1. The van der Waals surface area contributed by atoms with Crippen LogP contribution in [0.5, 0.6) is 5.88 Å². The zero-order chi connectivity index (χ0) is 22.7. The van der Waals surface area contributed by atoms with Gasteiger partial charge in [0, 0.05) is 44.7 Å². The predicted octanol–water partition coefficient (Wildman–Crippen LogP) is 3.27. The molecule has 6 rings (SSSR count). The van der Waals surface area contributed by atoms with Gasteiger partial charge in [0.1, 0.15) is 11.6 Å². The van der Waals surface area contributed by atoms with Crippen molar-refractivity contribution in [2.24, 2.45) is 0 Å². The molecule has 2 aliphatic heterocycles. The van der Waals surface area contributed by atoms with Crippen LogP contribution in [-0.4, -0.2) is 81.3 Å². The van der Waals surface area contributed by atoms with Crippen LogP contribution in [0.3, 0.4) is 0 Å². The zero-order valence-electron chi connectivity index (χ0n) is 19.5. The smallest absolute Gasteiger partial charge is 0.243 e. The molecule has 0 radical (unpaired) electrons. The van der Waals surface area contributed by atoms with Gasteiger partial charge in [0.2, 0.25) is 11.8 Å². The minimum Gasteiger partial charge on any atom is -0.473 e. The molecule has 0 amide bonds. The number of fused-ring (bicyclic) bond motifs is 1. The molecule has 0 aromatic carbocycles. The van der Waals surface area contributed by atoms with Crippen LogP contribution >= 0.6 is 0 Å². The van der Waals surface area contributed by atoms with Gasteiger partial charge < -0.3 is 24.5 Å². The highest BCUT2D eigenvalue weighted by Gasteiger charge is 2.28. The van der Waals surface area contributed by atoms with Crippen molar-refractivity contribution in [2.75, 3.05) is 44.8 Å². The molecule has 1 aliphatic carbocycles. The Hall–Kier alpha value is -2.69. The first kappa shape index (κ1) is 21.8. The van der Waals surface area contributed by atoms with Crippen LogP contribution in [0.4, 0.5) is 11.6 Å². The fourth-order valence-electron chi connectivity index (χ4n) is 5.37. The molecule has 0 spiro atoms. The molecule has 5 heterocycles. The maximum atomic E-state index is 6.44. The number of hydrogen-bond acceptors (Lipinski definition) is 8. The molecule has 10 heteroatoms. The van der Waals surface area contributed by atoms with Crippen LogP contribution in [0.15, 0.2) is 24.7 Å². The van der Waals surface area contributed by atoms with Crippen molar-refractivity contribution in [1.82, 2.24) is 29.6 Å². The Kier molecular flexibility index (Phi) is 6.35. The molecular weight excluding hydrogens is 434 g/mol. The van der Waals surface area contributed by atoms with Gasteiger partial charge in [-0.15, -0.1) is 0 Å². The van der Waals surface area contributed by atoms with E-state index in [9.17, 15) is 0 Å². The third kappa shape index (κ3) is 4.75.